The minimum Gasteiger partial charge on any atom is -0.506 e. The molecule has 11 heteroatoms. The predicted molar refractivity (Wildman–Crippen MR) is 110 cm³/mol. The van der Waals surface area contributed by atoms with Gasteiger partial charge in [0.2, 0.25) is 15.9 Å². The molecule has 0 amide bonds. The van der Waals surface area contributed by atoms with E-state index in [4.69, 9.17) is 0 Å². The van der Waals surface area contributed by atoms with Gasteiger partial charge in [0.15, 0.2) is 0 Å². The lowest BCUT2D eigenvalue weighted by Crippen LogP contribution is -2.29. The normalized spacial score (nSPS) is 15.7. The molecule has 9 nitrogen and oxygen atoms in total. The van der Waals surface area contributed by atoms with Crippen LogP contribution < -0.4 is 13.7 Å². The van der Waals surface area contributed by atoms with E-state index in [0.29, 0.717) is 23.2 Å². The lowest BCUT2D eigenvalue weighted by Gasteiger charge is -2.17. The van der Waals surface area contributed by atoms with E-state index in [1.807, 2.05) is 4.72 Å². The van der Waals surface area contributed by atoms with Crippen molar-refractivity contribution in [1.29, 1.82) is 0 Å². The highest BCUT2D eigenvalue weighted by Gasteiger charge is 2.30. The highest BCUT2D eigenvalue weighted by molar-refractivity contribution is 7.92. The molecule has 0 unspecified atom stereocenters. The Balaban J connectivity index is 1.93. The van der Waals surface area contributed by atoms with E-state index in [1.54, 1.807) is 38.1 Å². The van der Waals surface area contributed by atoms with Crippen molar-refractivity contribution in [3.05, 3.63) is 65.2 Å². The van der Waals surface area contributed by atoms with Crippen LogP contribution in [0.3, 0.4) is 0 Å². The number of rotatable bonds is 6. The van der Waals surface area contributed by atoms with Gasteiger partial charge in [-0.05, 0) is 49.1 Å². The minimum absolute atomic E-state index is 0.0264. The highest BCUT2D eigenvalue weighted by Crippen LogP contribution is 2.34. The second-order valence-corrected chi connectivity index (χ2v) is 10.1. The molecule has 156 valence electrons. The molecule has 0 spiro atoms. The Hall–Kier alpha value is -2.92. The molecule has 29 heavy (non-hydrogen) atoms. The highest BCUT2D eigenvalue weighted by atomic mass is 32.2. The fourth-order valence-electron chi connectivity index (χ4n) is 2.92. The average Bonchev–Trinajstić information content (AvgIpc) is 2.90. The average molecular weight is 440 g/mol. The number of phenolic OH excluding ortho intramolecular Hbond substituents is 1. The molecule has 0 fully saturated rings. The maximum atomic E-state index is 12.0. The van der Waals surface area contributed by atoms with Gasteiger partial charge in [-0.15, -0.1) is 0 Å². The molecule has 2 aromatic carbocycles. The van der Waals surface area contributed by atoms with Crippen LogP contribution in [0.25, 0.3) is 0 Å². The molecule has 0 saturated carbocycles. The van der Waals surface area contributed by atoms with E-state index in [9.17, 15) is 27.0 Å². The molecule has 4 N–H and O–H groups in total. The number of sulfonamides is 1. The van der Waals surface area contributed by atoms with E-state index in [1.165, 1.54) is 12.1 Å². The maximum absolute atomic E-state index is 12.0. The van der Waals surface area contributed by atoms with Crippen molar-refractivity contribution in [1.82, 2.24) is 4.72 Å². The first-order valence-electron chi connectivity index (χ1n) is 8.66. The number of nitrogens with zero attached hydrogens (tertiary/aromatic N) is 1. The largest absolute Gasteiger partial charge is 0.506 e. The van der Waals surface area contributed by atoms with Crippen LogP contribution in [0.15, 0.2) is 48.5 Å². The monoisotopic (exact) mass is 439 g/mol. The molecule has 0 atom stereocenters. The van der Waals surface area contributed by atoms with Crippen molar-refractivity contribution < 1.29 is 27.0 Å². The number of aromatic hydroxyl groups is 1. The number of aliphatic hydroxyl groups excluding tert-OH is 1. The summed E-state index contributed by atoms with van der Waals surface area (Å²) in [6.07, 6.45) is 1.26. The van der Waals surface area contributed by atoms with E-state index in [2.05, 4.69) is 4.72 Å². The van der Waals surface area contributed by atoms with Gasteiger partial charge >= 0.3 is 10.2 Å². The predicted octanol–water partition coefficient (Wildman–Crippen LogP) is 2.06. The third-order valence-electron chi connectivity index (χ3n) is 4.40. The van der Waals surface area contributed by atoms with Crippen molar-refractivity contribution in [2.24, 2.45) is 0 Å². The zero-order valence-electron chi connectivity index (χ0n) is 15.7. The standard InChI is InChI=1S/C18H21N3O6S2/c1-3-28(24,25)20-18-12(2)5-4-6-14(18)9-13-7-8-15(16(22)10-13)21-11-17(23)19-29(21,26)27/h4-8,10-11,19-20,22-23H,3,9H2,1-2H3. The van der Waals surface area contributed by atoms with Gasteiger partial charge < -0.3 is 10.2 Å². The maximum Gasteiger partial charge on any atom is 0.330 e. The molecule has 1 heterocycles. The van der Waals surface area contributed by atoms with Gasteiger partial charge in [0.25, 0.3) is 0 Å². The van der Waals surface area contributed by atoms with Gasteiger partial charge in [0.05, 0.1) is 17.6 Å². The summed E-state index contributed by atoms with van der Waals surface area (Å²) in [6.45, 7) is 3.34. The topological polar surface area (TPSA) is 136 Å². The van der Waals surface area contributed by atoms with Gasteiger partial charge in [-0.1, -0.05) is 24.3 Å². The van der Waals surface area contributed by atoms with Crippen molar-refractivity contribution in [3.8, 4) is 5.75 Å². The zero-order valence-corrected chi connectivity index (χ0v) is 17.4. The number of hydrogen-bond donors (Lipinski definition) is 4. The summed E-state index contributed by atoms with van der Waals surface area (Å²) in [5.41, 5.74) is 2.57. The molecule has 1 aliphatic rings. The van der Waals surface area contributed by atoms with Crippen LogP contribution in [-0.2, 0) is 26.7 Å². The third kappa shape index (κ3) is 4.40. The number of para-hydroxylation sites is 1. The number of benzene rings is 2. The lowest BCUT2D eigenvalue weighted by atomic mass is 10.0. The molecule has 0 radical (unpaired) electrons. The van der Waals surface area contributed by atoms with E-state index < -0.39 is 26.1 Å². The lowest BCUT2D eigenvalue weighted by molar-refractivity contribution is 0.392. The molecular formula is C18H21N3O6S2. The van der Waals surface area contributed by atoms with E-state index >= 15 is 0 Å². The van der Waals surface area contributed by atoms with Crippen LogP contribution in [-0.4, -0.2) is 32.8 Å². The van der Waals surface area contributed by atoms with Crippen LogP contribution in [0.1, 0.15) is 23.6 Å². The SMILES string of the molecule is CCS(=O)(=O)Nc1c(C)cccc1Cc1ccc(N2C=C(O)NS2(=O)=O)c(O)c1. The second kappa shape index (κ2) is 7.48. The van der Waals surface area contributed by atoms with E-state index in [-0.39, 0.29) is 17.2 Å². The Morgan fingerprint density at radius 2 is 1.90 bits per heavy atom. The van der Waals surface area contributed by atoms with Crippen molar-refractivity contribution in [2.45, 2.75) is 20.3 Å². The molecule has 0 saturated heterocycles. The van der Waals surface area contributed by atoms with Crippen molar-refractivity contribution in [3.63, 3.8) is 0 Å². The third-order valence-corrected chi connectivity index (χ3v) is 6.96. The summed E-state index contributed by atoms with van der Waals surface area (Å²) in [4.78, 5) is 0. The molecule has 0 aromatic heterocycles. The molecular weight excluding hydrogens is 418 g/mol. The summed E-state index contributed by atoms with van der Waals surface area (Å²) >= 11 is 0. The number of aryl methyl sites for hydroxylation is 1. The Labute approximate surface area is 169 Å². The molecule has 1 aliphatic heterocycles. The number of phenols is 1. The van der Waals surface area contributed by atoms with Gasteiger partial charge in [-0.3, -0.25) is 4.72 Å². The second-order valence-electron chi connectivity index (χ2n) is 6.53. The zero-order chi connectivity index (χ0) is 21.4. The Kier molecular flexibility index (Phi) is 5.37. The number of aliphatic hydroxyl groups is 1. The molecule has 0 bridgehead atoms. The summed E-state index contributed by atoms with van der Waals surface area (Å²) in [7, 11) is -7.48. The summed E-state index contributed by atoms with van der Waals surface area (Å²) in [6, 6.07) is 9.80. The van der Waals surface area contributed by atoms with Crippen LogP contribution in [0.2, 0.25) is 0 Å². The van der Waals surface area contributed by atoms with Crippen LogP contribution in [0.5, 0.6) is 5.75 Å². The van der Waals surface area contributed by atoms with Gasteiger partial charge in [0, 0.05) is 0 Å². The number of anilines is 2. The first kappa shape index (κ1) is 20.8. The van der Waals surface area contributed by atoms with E-state index in [0.717, 1.165) is 16.1 Å². The molecule has 2 aromatic rings. The molecule has 0 aliphatic carbocycles. The fraction of sp³-hybridized carbons (Fsp3) is 0.222. The van der Waals surface area contributed by atoms with Gasteiger partial charge in [-0.2, -0.15) is 8.42 Å². The summed E-state index contributed by atoms with van der Waals surface area (Å²) in [5.74, 6) is -0.919. The van der Waals surface area contributed by atoms with Crippen LogP contribution in [0, 0.1) is 6.92 Å². The van der Waals surface area contributed by atoms with Gasteiger partial charge in [0.1, 0.15) is 11.4 Å². The van der Waals surface area contributed by atoms with Crippen LogP contribution >= 0.6 is 0 Å². The first-order valence-corrected chi connectivity index (χ1v) is 11.8. The quantitative estimate of drug-likeness (QED) is 0.544. The Bertz CT molecular complexity index is 1190. The Morgan fingerprint density at radius 3 is 2.48 bits per heavy atom. The first-order chi connectivity index (χ1) is 13.5. The smallest absolute Gasteiger partial charge is 0.330 e. The number of hydrogen-bond acceptors (Lipinski definition) is 6. The molecule has 3 rings (SSSR count). The van der Waals surface area contributed by atoms with Gasteiger partial charge in [-0.25, -0.2) is 17.4 Å². The number of nitrogens with one attached hydrogen (secondary N) is 2. The van der Waals surface area contributed by atoms with Crippen molar-refractivity contribution in [2.75, 3.05) is 14.8 Å². The van der Waals surface area contributed by atoms with Crippen molar-refractivity contribution >= 4 is 31.6 Å². The summed E-state index contributed by atoms with van der Waals surface area (Å²) < 4.78 is 53.2. The Morgan fingerprint density at radius 1 is 1.17 bits per heavy atom. The summed E-state index contributed by atoms with van der Waals surface area (Å²) in [5, 5.41) is 19.7. The minimum atomic E-state index is -4.02. The van der Waals surface area contributed by atoms with Crippen LogP contribution in [0.4, 0.5) is 11.4 Å². The fourth-order valence-corrected chi connectivity index (χ4v) is 4.74.